The number of nitrogens with one attached hydrogen (secondary N) is 2. The van der Waals surface area contributed by atoms with Crippen LogP contribution in [-0.4, -0.2) is 28.9 Å². The van der Waals surface area contributed by atoms with Crippen LogP contribution >= 0.6 is 12.2 Å². The van der Waals surface area contributed by atoms with Gasteiger partial charge in [-0.05, 0) is 24.7 Å². The molecule has 5 nitrogen and oxygen atoms in total. The number of unbranched alkanes of at least 4 members (excludes halogenated alkanes) is 9. The lowest BCUT2D eigenvalue weighted by Gasteiger charge is -2.07. The van der Waals surface area contributed by atoms with E-state index in [4.69, 9.17) is 17.3 Å². The molecule has 150 valence electrons. The van der Waals surface area contributed by atoms with Gasteiger partial charge in [-0.2, -0.15) is 5.10 Å². The van der Waals surface area contributed by atoms with E-state index in [-0.39, 0.29) is 5.56 Å². The number of thiocarbonyl (C=S) groups is 1. The van der Waals surface area contributed by atoms with Crippen LogP contribution in [0.1, 0.15) is 87.1 Å². The van der Waals surface area contributed by atoms with Gasteiger partial charge in [-0.3, -0.25) is 5.43 Å². The van der Waals surface area contributed by atoms with Gasteiger partial charge < -0.3 is 10.4 Å². The van der Waals surface area contributed by atoms with Gasteiger partial charge in [0.1, 0.15) is 0 Å². The molecule has 0 bridgehead atoms. The number of carboxylic acids is 1. The third kappa shape index (κ3) is 11.4. The fraction of sp³-hybridized carbons (Fsp3) is 0.571. The molecule has 0 aromatic heterocycles. The van der Waals surface area contributed by atoms with Gasteiger partial charge in [0.25, 0.3) is 0 Å². The fourth-order valence-electron chi connectivity index (χ4n) is 2.82. The van der Waals surface area contributed by atoms with E-state index in [9.17, 15) is 4.79 Å². The summed E-state index contributed by atoms with van der Waals surface area (Å²) in [5.74, 6) is -0.973. The molecule has 0 spiro atoms. The van der Waals surface area contributed by atoms with Crippen molar-refractivity contribution >= 4 is 29.5 Å². The third-order valence-corrected chi connectivity index (χ3v) is 4.61. The first-order valence-electron chi connectivity index (χ1n) is 10.0. The van der Waals surface area contributed by atoms with Crippen molar-refractivity contribution in [1.29, 1.82) is 0 Å². The second-order valence-corrected chi connectivity index (χ2v) is 7.11. The molecule has 0 atom stereocenters. The Morgan fingerprint density at radius 1 is 1.04 bits per heavy atom. The van der Waals surface area contributed by atoms with Crippen molar-refractivity contribution in [3.05, 3.63) is 35.4 Å². The molecule has 0 unspecified atom stereocenters. The number of hydrazone groups is 1. The molecule has 0 amide bonds. The van der Waals surface area contributed by atoms with Gasteiger partial charge in [-0.25, -0.2) is 4.79 Å². The Bertz CT molecular complexity index is 591. The summed E-state index contributed by atoms with van der Waals surface area (Å²) in [5.41, 5.74) is 3.48. The number of rotatable bonds is 14. The minimum atomic E-state index is -0.973. The Morgan fingerprint density at radius 2 is 1.63 bits per heavy atom. The Labute approximate surface area is 168 Å². The number of carbonyl (C=O) groups is 1. The van der Waals surface area contributed by atoms with Crippen LogP contribution in [0.3, 0.4) is 0 Å². The maximum absolute atomic E-state index is 11.1. The molecule has 1 rings (SSSR count). The van der Waals surface area contributed by atoms with Gasteiger partial charge in [0.2, 0.25) is 0 Å². The average Bonchev–Trinajstić information content (AvgIpc) is 2.66. The lowest BCUT2D eigenvalue weighted by molar-refractivity contribution is 0.0697. The topological polar surface area (TPSA) is 73.7 Å². The normalized spacial score (nSPS) is 10.9. The first-order valence-corrected chi connectivity index (χ1v) is 10.4. The molecule has 0 aliphatic heterocycles. The molecule has 0 aliphatic carbocycles. The smallest absolute Gasteiger partial charge is 0.336 e. The minimum Gasteiger partial charge on any atom is -0.478 e. The second kappa shape index (κ2) is 15.1. The summed E-state index contributed by atoms with van der Waals surface area (Å²) in [4.78, 5) is 11.1. The van der Waals surface area contributed by atoms with Crippen LogP contribution < -0.4 is 10.7 Å². The molecule has 3 N–H and O–H groups in total. The fourth-order valence-corrected chi connectivity index (χ4v) is 2.97. The van der Waals surface area contributed by atoms with Crippen molar-refractivity contribution in [2.45, 2.75) is 71.1 Å². The van der Waals surface area contributed by atoms with E-state index in [0.29, 0.717) is 10.7 Å². The summed E-state index contributed by atoms with van der Waals surface area (Å²) in [6.07, 6.45) is 14.5. The summed E-state index contributed by atoms with van der Waals surface area (Å²) < 4.78 is 0. The van der Waals surface area contributed by atoms with Crippen LogP contribution in [0.5, 0.6) is 0 Å². The van der Waals surface area contributed by atoms with E-state index < -0.39 is 5.97 Å². The Kier molecular flexibility index (Phi) is 12.9. The molecule has 6 heteroatoms. The van der Waals surface area contributed by atoms with Crippen molar-refractivity contribution in [3.8, 4) is 0 Å². The third-order valence-electron chi connectivity index (χ3n) is 4.38. The maximum atomic E-state index is 11.1. The molecule has 0 fully saturated rings. The highest BCUT2D eigenvalue weighted by Crippen LogP contribution is 2.10. The highest BCUT2D eigenvalue weighted by Gasteiger charge is 2.06. The van der Waals surface area contributed by atoms with Crippen LogP contribution in [0.25, 0.3) is 0 Å². The summed E-state index contributed by atoms with van der Waals surface area (Å²) in [6.45, 7) is 3.07. The van der Waals surface area contributed by atoms with Gasteiger partial charge in [0.05, 0.1) is 11.8 Å². The molecular weight excluding hydrogens is 358 g/mol. The van der Waals surface area contributed by atoms with E-state index in [1.54, 1.807) is 24.3 Å². The minimum absolute atomic E-state index is 0.215. The van der Waals surface area contributed by atoms with E-state index in [2.05, 4.69) is 22.8 Å². The van der Waals surface area contributed by atoms with Crippen LogP contribution in [0.15, 0.2) is 29.4 Å². The zero-order valence-corrected chi connectivity index (χ0v) is 17.2. The molecule has 0 heterocycles. The van der Waals surface area contributed by atoms with E-state index >= 15 is 0 Å². The van der Waals surface area contributed by atoms with Crippen molar-refractivity contribution < 1.29 is 9.90 Å². The predicted molar refractivity (Wildman–Crippen MR) is 117 cm³/mol. The summed E-state index contributed by atoms with van der Waals surface area (Å²) in [7, 11) is 0. The molecule has 0 aliphatic rings. The quantitative estimate of drug-likeness (QED) is 0.178. The Hall–Kier alpha value is -1.95. The van der Waals surface area contributed by atoms with Gasteiger partial charge in [0.15, 0.2) is 5.11 Å². The second-order valence-electron chi connectivity index (χ2n) is 6.70. The number of hydrogen-bond acceptors (Lipinski definition) is 3. The van der Waals surface area contributed by atoms with Gasteiger partial charge in [0, 0.05) is 12.1 Å². The lowest BCUT2D eigenvalue weighted by Crippen LogP contribution is -2.32. The molecule has 0 saturated carbocycles. The Balaban J connectivity index is 2.06. The van der Waals surface area contributed by atoms with Crippen LogP contribution in [0, 0.1) is 0 Å². The number of aromatic carboxylic acids is 1. The number of carboxylic acid groups (broad SMARTS) is 1. The summed E-state index contributed by atoms with van der Waals surface area (Å²) >= 11 is 5.17. The van der Waals surface area contributed by atoms with E-state index in [1.165, 1.54) is 64.0 Å². The molecular formula is C21H33N3O2S. The molecule has 0 saturated heterocycles. The van der Waals surface area contributed by atoms with Gasteiger partial charge in [-0.15, -0.1) is 0 Å². The van der Waals surface area contributed by atoms with Gasteiger partial charge >= 0.3 is 5.97 Å². The number of nitrogens with zero attached hydrogens (tertiary/aromatic N) is 1. The van der Waals surface area contributed by atoms with E-state index in [0.717, 1.165) is 13.0 Å². The number of benzene rings is 1. The van der Waals surface area contributed by atoms with Crippen molar-refractivity contribution in [3.63, 3.8) is 0 Å². The van der Waals surface area contributed by atoms with Crippen LogP contribution in [-0.2, 0) is 0 Å². The standard InChI is InChI=1S/C21H33N3O2S/c1-2-3-4-5-6-7-8-9-10-13-16-22-21(27)24-23-17-18-14-11-12-15-19(18)20(25)26/h11-12,14-15,17H,2-10,13,16H2,1H3,(H,25,26)(H2,22,24,27). The SMILES string of the molecule is CCCCCCCCCCCCNC(=S)NN=Cc1ccccc1C(=O)O. The van der Waals surface area contributed by atoms with E-state index in [1.807, 2.05) is 0 Å². The average molecular weight is 392 g/mol. The first-order chi connectivity index (χ1) is 13.1. The van der Waals surface area contributed by atoms with Crippen LogP contribution in [0.2, 0.25) is 0 Å². The summed E-state index contributed by atoms with van der Waals surface area (Å²) in [6, 6.07) is 6.71. The number of hydrogen-bond donors (Lipinski definition) is 3. The molecule has 27 heavy (non-hydrogen) atoms. The highest BCUT2D eigenvalue weighted by atomic mass is 32.1. The molecule has 0 radical (unpaired) electrons. The van der Waals surface area contributed by atoms with Crippen LogP contribution in [0.4, 0.5) is 0 Å². The zero-order chi connectivity index (χ0) is 19.7. The van der Waals surface area contributed by atoms with Crippen molar-refractivity contribution in [1.82, 2.24) is 10.7 Å². The summed E-state index contributed by atoms with van der Waals surface area (Å²) in [5, 5.41) is 16.7. The maximum Gasteiger partial charge on any atom is 0.336 e. The Morgan fingerprint density at radius 3 is 2.26 bits per heavy atom. The first kappa shape index (κ1) is 23.1. The zero-order valence-electron chi connectivity index (χ0n) is 16.4. The monoisotopic (exact) mass is 391 g/mol. The predicted octanol–water partition coefficient (Wildman–Crippen LogP) is 5.10. The lowest BCUT2D eigenvalue weighted by atomic mass is 10.1. The van der Waals surface area contributed by atoms with Crippen molar-refractivity contribution in [2.24, 2.45) is 5.10 Å². The van der Waals surface area contributed by atoms with Crippen molar-refractivity contribution in [2.75, 3.05) is 6.54 Å². The molecule has 1 aromatic rings. The largest absolute Gasteiger partial charge is 0.478 e. The highest BCUT2D eigenvalue weighted by molar-refractivity contribution is 7.80. The van der Waals surface area contributed by atoms with Gasteiger partial charge in [-0.1, -0.05) is 82.9 Å². The molecule has 1 aromatic carbocycles.